The van der Waals surface area contributed by atoms with Crippen LogP contribution in [0.15, 0.2) is 69.8 Å². The van der Waals surface area contributed by atoms with Crippen molar-refractivity contribution in [2.24, 2.45) is 5.41 Å². The maximum Gasteiger partial charge on any atom is 0.257 e. The van der Waals surface area contributed by atoms with E-state index in [1.807, 2.05) is 12.1 Å². The van der Waals surface area contributed by atoms with E-state index in [1.54, 1.807) is 24.3 Å². The fraction of sp³-hybridized carbons (Fsp3) is 0.269. The molecule has 0 amide bonds. The Labute approximate surface area is 205 Å². The molecule has 2 heterocycles. The van der Waals surface area contributed by atoms with Gasteiger partial charge in [-0.25, -0.2) is 9.37 Å². The van der Waals surface area contributed by atoms with Gasteiger partial charge in [-0.1, -0.05) is 61.5 Å². The largest absolute Gasteiger partial charge is 0.343 e. The zero-order chi connectivity index (χ0) is 24.0. The monoisotopic (exact) mass is 495 g/mol. The summed E-state index contributed by atoms with van der Waals surface area (Å²) in [5, 5.41) is 4.37. The molecule has 2 N–H and O–H groups in total. The van der Waals surface area contributed by atoms with Crippen LogP contribution in [0.5, 0.6) is 0 Å². The van der Waals surface area contributed by atoms with Gasteiger partial charge in [0.15, 0.2) is 10.9 Å². The molecular formula is C26H23ClFN3O2S. The van der Waals surface area contributed by atoms with E-state index < -0.39 is 5.92 Å². The first kappa shape index (κ1) is 22.9. The highest BCUT2D eigenvalue weighted by Crippen LogP contribution is 2.47. The van der Waals surface area contributed by atoms with Gasteiger partial charge in [0.25, 0.3) is 5.56 Å². The predicted octanol–water partition coefficient (Wildman–Crippen LogP) is 6.06. The van der Waals surface area contributed by atoms with Crippen LogP contribution in [-0.4, -0.2) is 15.8 Å². The third-order valence-electron chi connectivity index (χ3n) is 6.19. The number of nitrogens with one attached hydrogen (secondary N) is 2. The number of fused-ring (bicyclic) bond motifs is 1. The average molecular weight is 496 g/mol. The molecule has 0 bridgehead atoms. The van der Waals surface area contributed by atoms with Gasteiger partial charge in [0.05, 0.1) is 5.56 Å². The molecular weight excluding hydrogens is 473 g/mol. The summed E-state index contributed by atoms with van der Waals surface area (Å²) in [7, 11) is 0. The number of nitrogens with zero attached hydrogens (tertiary/aromatic N) is 1. The van der Waals surface area contributed by atoms with E-state index in [0.29, 0.717) is 45.7 Å². The molecule has 5 nitrogen and oxygen atoms in total. The minimum absolute atomic E-state index is 0.0403. The van der Waals surface area contributed by atoms with Crippen molar-refractivity contribution in [3.05, 3.63) is 97.7 Å². The lowest BCUT2D eigenvalue weighted by atomic mass is 9.69. The molecule has 2 aliphatic rings. The second-order valence-electron chi connectivity index (χ2n) is 9.49. The Bertz CT molecular complexity index is 1360. The van der Waals surface area contributed by atoms with Crippen molar-refractivity contribution in [1.82, 2.24) is 9.97 Å². The van der Waals surface area contributed by atoms with Crippen LogP contribution < -0.4 is 10.9 Å². The molecule has 0 spiro atoms. The number of Topliss-reactive ketones (excluding diaryl/α,β-unsaturated/α-hetero) is 1. The van der Waals surface area contributed by atoms with Crippen molar-refractivity contribution in [2.75, 3.05) is 5.32 Å². The Hall–Kier alpha value is -2.90. The first-order valence-electron chi connectivity index (χ1n) is 11.0. The smallest absolute Gasteiger partial charge is 0.257 e. The van der Waals surface area contributed by atoms with Crippen molar-refractivity contribution in [2.45, 2.75) is 43.5 Å². The van der Waals surface area contributed by atoms with Crippen molar-refractivity contribution in [1.29, 1.82) is 0 Å². The molecule has 8 heteroatoms. The first-order valence-corrected chi connectivity index (χ1v) is 12.4. The molecule has 2 aromatic carbocycles. The Morgan fingerprint density at radius 3 is 2.50 bits per heavy atom. The zero-order valence-corrected chi connectivity index (χ0v) is 20.3. The van der Waals surface area contributed by atoms with E-state index in [9.17, 15) is 14.0 Å². The Kier molecular flexibility index (Phi) is 5.86. The average Bonchev–Trinajstić information content (AvgIpc) is 2.77. The van der Waals surface area contributed by atoms with E-state index in [-0.39, 0.29) is 22.6 Å². The van der Waals surface area contributed by atoms with Crippen LogP contribution in [0.3, 0.4) is 0 Å². The summed E-state index contributed by atoms with van der Waals surface area (Å²) >= 11 is 7.47. The van der Waals surface area contributed by atoms with Crippen molar-refractivity contribution in [3.63, 3.8) is 0 Å². The van der Waals surface area contributed by atoms with Crippen LogP contribution >= 0.6 is 23.4 Å². The molecule has 3 aromatic rings. The maximum atomic E-state index is 13.3. The second kappa shape index (κ2) is 8.71. The third-order valence-corrected chi connectivity index (χ3v) is 7.39. The Balaban J connectivity index is 1.57. The predicted molar refractivity (Wildman–Crippen MR) is 133 cm³/mol. The zero-order valence-electron chi connectivity index (χ0n) is 18.7. The number of carbonyl (C=O) groups is 1. The number of anilines is 1. The number of aromatic amines is 1. The van der Waals surface area contributed by atoms with Crippen molar-refractivity contribution >= 4 is 35.0 Å². The number of aromatic nitrogens is 2. The lowest BCUT2D eigenvalue weighted by Crippen LogP contribution is -2.37. The molecule has 1 aromatic heterocycles. The van der Waals surface area contributed by atoms with Crippen molar-refractivity contribution < 1.29 is 9.18 Å². The van der Waals surface area contributed by atoms with Gasteiger partial charge >= 0.3 is 0 Å². The fourth-order valence-corrected chi connectivity index (χ4v) is 5.63. The number of thioether (sulfide) groups is 1. The number of rotatable bonds is 4. The van der Waals surface area contributed by atoms with E-state index in [0.717, 1.165) is 16.8 Å². The van der Waals surface area contributed by atoms with E-state index in [2.05, 4.69) is 24.1 Å². The topological polar surface area (TPSA) is 74.8 Å². The van der Waals surface area contributed by atoms with E-state index in [1.165, 1.54) is 23.9 Å². The molecule has 1 aliphatic heterocycles. The summed E-state index contributed by atoms with van der Waals surface area (Å²) in [6, 6.07) is 13.5. The number of halogens is 2. The van der Waals surface area contributed by atoms with Gasteiger partial charge in [-0.3, -0.25) is 9.59 Å². The standard InChI is InChI=1S/C26H23ClFN3O2S/c1-26(2)11-18-21(19(32)12-26)20(15-5-7-16(27)8-6-15)22-23(29-18)30-25(31-24(22)33)34-13-14-3-9-17(28)10-4-14/h3-10,20H,11-13H2,1-2H3,(H2,29,30,31,33). The molecule has 0 fully saturated rings. The van der Waals surface area contributed by atoms with Crippen LogP contribution in [-0.2, 0) is 10.5 Å². The third kappa shape index (κ3) is 4.42. The molecule has 0 saturated carbocycles. The number of H-pyrrole nitrogens is 1. The van der Waals surface area contributed by atoms with Gasteiger partial charge in [-0.15, -0.1) is 0 Å². The lowest BCUT2D eigenvalue weighted by Gasteiger charge is -2.38. The molecule has 1 atom stereocenters. The van der Waals surface area contributed by atoms with Gasteiger partial charge in [0.2, 0.25) is 0 Å². The normalized spacial score (nSPS) is 18.8. The molecule has 174 valence electrons. The first-order chi connectivity index (χ1) is 16.2. The lowest BCUT2D eigenvalue weighted by molar-refractivity contribution is -0.118. The number of carbonyl (C=O) groups excluding carboxylic acids is 1. The highest BCUT2D eigenvalue weighted by Gasteiger charge is 2.42. The van der Waals surface area contributed by atoms with Crippen molar-refractivity contribution in [3.8, 4) is 0 Å². The quantitative estimate of drug-likeness (QED) is 0.340. The second-order valence-corrected chi connectivity index (χ2v) is 10.9. The number of ketones is 1. The minimum Gasteiger partial charge on any atom is -0.343 e. The summed E-state index contributed by atoms with van der Waals surface area (Å²) in [6.07, 6.45) is 1.11. The highest BCUT2D eigenvalue weighted by molar-refractivity contribution is 7.98. The highest BCUT2D eigenvalue weighted by atomic mass is 35.5. The van der Waals surface area contributed by atoms with Gasteiger partial charge in [-0.2, -0.15) is 0 Å². The molecule has 34 heavy (non-hydrogen) atoms. The van der Waals surface area contributed by atoms with Gasteiger partial charge in [-0.05, 0) is 47.2 Å². The molecule has 5 rings (SSSR count). The van der Waals surface area contributed by atoms with Gasteiger partial charge < -0.3 is 10.3 Å². The minimum atomic E-state index is -0.514. The van der Waals surface area contributed by atoms with Crippen LogP contribution in [0.2, 0.25) is 5.02 Å². The summed E-state index contributed by atoms with van der Waals surface area (Å²) in [6.45, 7) is 4.14. The van der Waals surface area contributed by atoms with Gasteiger partial charge in [0, 0.05) is 34.4 Å². The SMILES string of the molecule is CC1(C)CC(=O)C2=C(C1)Nc1nc(SCc3ccc(F)cc3)[nH]c(=O)c1C2c1ccc(Cl)cc1. The molecule has 1 unspecified atom stereocenters. The Morgan fingerprint density at radius 1 is 1.09 bits per heavy atom. The van der Waals surface area contributed by atoms with E-state index in [4.69, 9.17) is 16.6 Å². The maximum absolute atomic E-state index is 13.3. The summed E-state index contributed by atoms with van der Waals surface area (Å²) in [4.78, 5) is 34.2. The summed E-state index contributed by atoms with van der Waals surface area (Å²) < 4.78 is 13.2. The number of allylic oxidation sites excluding steroid dienone is 2. The molecule has 1 aliphatic carbocycles. The fourth-order valence-electron chi connectivity index (χ4n) is 4.68. The van der Waals surface area contributed by atoms with Crippen LogP contribution in [0.25, 0.3) is 0 Å². The number of benzene rings is 2. The van der Waals surface area contributed by atoms with Crippen LogP contribution in [0.4, 0.5) is 10.2 Å². The molecule has 0 radical (unpaired) electrons. The Morgan fingerprint density at radius 2 is 1.79 bits per heavy atom. The summed E-state index contributed by atoms with van der Waals surface area (Å²) in [5.41, 5.74) is 3.15. The van der Waals surface area contributed by atoms with Crippen LogP contribution in [0, 0.1) is 11.2 Å². The van der Waals surface area contributed by atoms with Crippen LogP contribution in [0.1, 0.15) is 49.3 Å². The number of hydrogen-bond acceptors (Lipinski definition) is 5. The molecule has 0 saturated heterocycles. The van der Waals surface area contributed by atoms with Gasteiger partial charge in [0.1, 0.15) is 11.6 Å². The number of hydrogen-bond donors (Lipinski definition) is 2. The summed E-state index contributed by atoms with van der Waals surface area (Å²) in [5.74, 6) is 0.232. The van der Waals surface area contributed by atoms with E-state index >= 15 is 0 Å².